The zero-order chi connectivity index (χ0) is 16.0. The number of halogens is 2. The first-order valence-corrected chi connectivity index (χ1v) is 7.43. The predicted molar refractivity (Wildman–Crippen MR) is 80.7 cm³/mol. The molecule has 1 aliphatic rings. The van der Waals surface area contributed by atoms with Crippen LogP contribution < -0.4 is 4.74 Å². The Morgan fingerprint density at radius 1 is 1.41 bits per heavy atom. The summed E-state index contributed by atoms with van der Waals surface area (Å²) in [6, 6.07) is 7.12. The second-order valence-electron chi connectivity index (χ2n) is 4.96. The fourth-order valence-electron chi connectivity index (χ4n) is 1.95. The zero-order valence-corrected chi connectivity index (χ0v) is 13.1. The highest BCUT2D eigenvalue weighted by Gasteiger charge is 2.57. The van der Waals surface area contributed by atoms with Crippen LogP contribution in [0.2, 0.25) is 5.02 Å². The van der Waals surface area contributed by atoms with Crippen molar-refractivity contribution in [1.82, 2.24) is 0 Å². The lowest BCUT2D eigenvalue weighted by Crippen LogP contribution is -2.26. The number of allylic oxidation sites excluding steroid dienone is 1. The van der Waals surface area contributed by atoms with Gasteiger partial charge in [0, 0.05) is 5.02 Å². The Labute approximate surface area is 133 Å². The molecular formula is C16H18ClFO4. The summed E-state index contributed by atoms with van der Waals surface area (Å²) in [5.41, 5.74) is -1.48. The fraction of sp³-hybridized carbons (Fsp3) is 0.438. The third-order valence-corrected chi connectivity index (χ3v) is 3.59. The van der Waals surface area contributed by atoms with E-state index < -0.39 is 17.4 Å². The van der Waals surface area contributed by atoms with Gasteiger partial charge in [-0.15, -0.1) is 0 Å². The van der Waals surface area contributed by atoms with Gasteiger partial charge in [-0.3, -0.25) is 0 Å². The molecule has 1 aliphatic heterocycles. The van der Waals surface area contributed by atoms with E-state index in [0.717, 1.165) is 18.6 Å². The Balaban J connectivity index is 1.66. The van der Waals surface area contributed by atoms with E-state index in [9.17, 15) is 9.18 Å². The van der Waals surface area contributed by atoms with E-state index in [-0.39, 0.29) is 6.61 Å². The van der Waals surface area contributed by atoms with Crippen LogP contribution in [0.5, 0.6) is 5.75 Å². The van der Waals surface area contributed by atoms with Crippen LogP contribution >= 0.6 is 11.6 Å². The lowest BCUT2D eigenvalue weighted by molar-refractivity contribution is -0.145. The second-order valence-corrected chi connectivity index (χ2v) is 5.39. The first kappa shape index (κ1) is 16.8. The molecule has 2 rings (SSSR count). The number of carbonyl (C=O) groups excluding carboxylic acids is 1. The topological polar surface area (TPSA) is 48.1 Å². The summed E-state index contributed by atoms with van der Waals surface area (Å²) in [7, 11) is 1.22. The highest BCUT2D eigenvalue weighted by atomic mass is 35.5. The van der Waals surface area contributed by atoms with Crippen LogP contribution in [0.1, 0.15) is 19.3 Å². The Kier molecular flexibility index (Phi) is 5.80. The summed E-state index contributed by atoms with van der Waals surface area (Å²) in [6.45, 7) is 0.581. The minimum atomic E-state index is -1.48. The molecule has 4 nitrogen and oxygen atoms in total. The molecule has 0 radical (unpaired) electrons. The predicted octanol–water partition coefficient (Wildman–Crippen LogP) is 3.68. The van der Waals surface area contributed by atoms with E-state index in [1.807, 2.05) is 0 Å². The number of carbonyl (C=O) groups is 1. The van der Waals surface area contributed by atoms with Crippen LogP contribution in [-0.2, 0) is 14.3 Å². The first-order chi connectivity index (χ1) is 10.6. The number of esters is 1. The standard InChI is InChI=1S/C16H18ClFO4/c1-20-15(19)16(11-22-16)14(18)5-3-2-4-10-21-13-8-6-12(17)7-9-13/h5-9H,2-4,10-11H2,1H3/b14-5-. The Morgan fingerprint density at radius 3 is 2.68 bits per heavy atom. The molecule has 6 heteroatoms. The minimum Gasteiger partial charge on any atom is -0.494 e. The SMILES string of the molecule is COC(=O)C1(/C(F)=C/CCCCOc2ccc(Cl)cc2)CO1. The molecule has 0 aliphatic carbocycles. The van der Waals surface area contributed by atoms with Crippen molar-refractivity contribution < 1.29 is 23.4 Å². The number of rotatable bonds is 8. The van der Waals surface area contributed by atoms with E-state index in [1.54, 1.807) is 24.3 Å². The molecule has 0 saturated carbocycles. The van der Waals surface area contributed by atoms with Gasteiger partial charge in [0.15, 0.2) is 0 Å². The average Bonchev–Trinajstić information content (AvgIpc) is 3.33. The van der Waals surface area contributed by atoms with Crippen molar-refractivity contribution >= 4 is 17.6 Å². The normalized spacial score (nSPS) is 20.6. The highest BCUT2D eigenvalue weighted by molar-refractivity contribution is 6.30. The molecule has 1 atom stereocenters. The number of unbranched alkanes of at least 4 members (excludes halogenated alkanes) is 2. The van der Waals surface area contributed by atoms with E-state index in [2.05, 4.69) is 4.74 Å². The molecule has 22 heavy (non-hydrogen) atoms. The smallest absolute Gasteiger partial charge is 0.347 e. The Bertz CT molecular complexity index is 538. The molecule has 1 saturated heterocycles. The van der Waals surface area contributed by atoms with Crippen molar-refractivity contribution in [3.05, 3.63) is 41.2 Å². The van der Waals surface area contributed by atoms with Crippen LogP contribution in [0.25, 0.3) is 0 Å². The first-order valence-electron chi connectivity index (χ1n) is 7.05. The summed E-state index contributed by atoms with van der Waals surface area (Å²) >= 11 is 5.78. The molecular weight excluding hydrogens is 311 g/mol. The summed E-state index contributed by atoms with van der Waals surface area (Å²) in [5, 5.41) is 0.662. The van der Waals surface area contributed by atoms with Crippen molar-refractivity contribution in [2.75, 3.05) is 20.3 Å². The Morgan fingerprint density at radius 2 is 2.09 bits per heavy atom. The number of ether oxygens (including phenoxy) is 3. The third kappa shape index (κ3) is 4.21. The summed E-state index contributed by atoms with van der Waals surface area (Å²) in [5.74, 6) is -0.507. The monoisotopic (exact) mass is 328 g/mol. The number of epoxide rings is 1. The molecule has 1 aromatic rings. The van der Waals surface area contributed by atoms with Crippen LogP contribution in [0.15, 0.2) is 36.2 Å². The van der Waals surface area contributed by atoms with Gasteiger partial charge in [0.1, 0.15) is 11.6 Å². The van der Waals surface area contributed by atoms with Crippen LogP contribution in [0.4, 0.5) is 4.39 Å². The molecule has 1 fully saturated rings. The number of hydrogen-bond donors (Lipinski definition) is 0. The highest BCUT2D eigenvalue weighted by Crippen LogP contribution is 2.37. The molecule has 1 heterocycles. The van der Waals surface area contributed by atoms with Gasteiger partial charge in [-0.25, -0.2) is 9.18 Å². The van der Waals surface area contributed by atoms with Gasteiger partial charge in [-0.2, -0.15) is 0 Å². The number of hydrogen-bond acceptors (Lipinski definition) is 4. The molecule has 1 aromatic carbocycles. The third-order valence-electron chi connectivity index (χ3n) is 3.34. The van der Waals surface area contributed by atoms with Crippen LogP contribution in [0, 0.1) is 0 Å². The van der Waals surface area contributed by atoms with Gasteiger partial charge in [-0.1, -0.05) is 11.6 Å². The van der Waals surface area contributed by atoms with Crippen molar-refractivity contribution in [2.24, 2.45) is 0 Å². The maximum Gasteiger partial charge on any atom is 0.347 e. The average molecular weight is 329 g/mol. The number of benzene rings is 1. The zero-order valence-electron chi connectivity index (χ0n) is 12.3. The van der Waals surface area contributed by atoms with Crippen molar-refractivity contribution in [3.8, 4) is 5.75 Å². The maximum atomic E-state index is 13.9. The minimum absolute atomic E-state index is 0.0433. The van der Waals surface area contributed by atoms with Gasteiger partial charge >= 0.3 is 5.97 Å². The van der Waals surface area contributed by atoms with E-state index in [1.165, 1.54) is 13.2 Å². The lowest BCUT2D eigenvalue weighted by atomic mass is 10.1. The van der Waals surface area contributed by atoms with Gasteiger partial charge in [0.05, 0.1) is 20.3 Å². The fourth-order valence-corrected chi connectivity index (χ4v) is 2.08. The summed E-state index contributed by atoms with van der Waals surface area (Å²) in [4.78, 5) is 11.4. The maximum absolute atomic E-state index is 13.9. The summed E-state index contributed by atoms with van der Waals surface area (Å²) in [6.07, 6.45) is 3.42. The van der Waals surface area contributed by atoms with Gasteiger partial charge in [-0.05, 0) is 49.6 Å². The van der Waals surface area contributed by atoms with Gasteiger partial charge < -0.3 is 14.2 Å². The molecule has 0 aromatic heterocycles. The molecule has 0 N–H and O–H groups in total. The summed E-state index contributed by atoms with van der Waals surface area (Å²) < 4.78 is 28.8. The van der Waals surface area contributed by atoms with E-state index in [0.29, 0.717) is 18.1 Å². The van der Waals surface area contributed by atoms with Crippen molar-refractivity contribution in [1.29, 1.82) is 0 Å². The molecule has 120 valence electrons. The van der Waals surface area contributed by atoms with E-state index >= 15 is 0 Å². The van der Waals surface area contributed by atoms with Gasteiger partial charge in [0.2, 0.25) is 5.60 Å². The van der Waals surface area contributed by atoms with Crippen LogP contribution in [0.3, 0.4) is 0 Å². The Hall–Kier alpha value is -1.59. The molecule has 0 bridgehead atoms. The molecule has 1 unspecified atom stereocenters. The van der Waals surface area contributed by atoms with E-state index in [4.69, 9.17) is 21.1 Å². The lowest BCUT2D eigenvalue weighted by Gasteiger charge is -2.07. The van der Waals surface area contributed by atoms with Gasteiger partial charge in [0.25, 0.3) is 0 Å². The van der Waals surface area contributed by atoms with Crippen molar-refractivity contribution in [3.63, 3.8) is 0 Å². The van der Waals surface area contributed by atoms with Crippen molar-refractivity contribution in [2.45, 2.75) is 24.9 Å². The van der Waals surface area contributed by atoms with Crippen LogP contribution in [-0.4, -0.2) is 31.9 Å². The quantitative estimate of drug-likeness (QED) is 0.415. The largest absolute Gasteiger partial charge is 0.494 e. The molecule has 0 spiro atoms. The number of methoxy groups -OCH3 is 1. The second kappa shape index (κ2) is 7.61. The molecule has 0 amide bonds.